The molecule has 182 valence electrons. The van der Waals surface area contributed by atoms with Gasteiger partial charge < -0.3 is 19.6 Å². The molecular weight excluding hydrogens is 498 g/mol. The Morgan fingerprint density at radius 3 is 2.59 bits per heavy atom. The second-order valence-electron chi connectivity index (χ2n) is 10.0. The van der Waals surface area contributed by atoms with Gasteiger partial charge in [0.1, 0.15) is 5.60 Å². The van der Waals surface area contributed by atoms with Crippen molar-refractivity contribution in [1.82, 2.24) is 9.80 Å². The Labute approximate surface area is 209 Å². The molecule has 2 aromatic carbocycles. The number of likely N-dealkylation sites (N-methyl/N-ethyl adjacent to an activating group) is 1. The summed E-state index contributed by atoms with van der Waals surface area (Å²) in [5, 5.41) is 11.4. The van der Waals surface area contributed by atoms with E-state index in [1.807, 2.05) is 75.2 Å². The first kappa shape index (κ1) is 24.5. The lowest BCUT2D eigenvalue weighted by atomic mass is 9.91. The smallest absolute Gasteiger partial charge is 0.410 e. The van der Waals surface area contributed by atoms with Gasteiger partial charge in [-0.2, -0.15) is 0 Å². The van der Waals surface area contributed by atoms with E-state index >= 15 is 0 Å². The average Bonchev–Trinajstić information content (AvgIpc) is 2.89. The molecule has 2 heterocycles. The predicted octanol–water partition coefficient (Wildman–Crippen LogP) is 4.06. The Morgan fingerprint density at radius 1 is 1.18 bits per heavy atom. The molecule has 0 saturated carbocycles. The van der Waals surface area contributed by atoms with Gasteiger partial charge in [-0.25, -0.2) is 4.79 Å². The summed E-state index contributed by atoms with van der Waals surface area (Å²) >= 11 is 3.48. The van der Waals surface area contributed by atoms with Crippen molar-refractivity contribution in [2.45, 2.75) is 51.5 Å². The second-order valence-corrected chi connectivity index (χ2v) is 11.0. The van der Waals surface area contributed by atoms with Crippen LogP contribution >= 0.6 is 15.9 Å². The maximum Gasteiger partial charge on any atom is 0.410 e. The van der Waals surface area contributed by atoms with Gasteiger partial charge in [-0.3, -0.25) is 9.69 Å². The van der Waals surface area contributed by atoms with Crippen LogP contribution in [0.5, 0.6) is 0 Å². The standard InChI is InChI=1S/C26H32BrN3O4/c1-26(2,3)34-25(33)30-15-18-8-6-5-7-17(18)13-22(30)23(31)16-29-12-11-28(4)21-14-19(27)9-10-20(21)24(29)32/h5-10,14,22-23,31H,11-13,15-16H2,1-4H3/t22-,23+/m0/s1. The Morgan fingerprint density at radius 2 is 1.88 bits per heavy atom. The van der Waals surface area contributed by atoms with Gasteiger partial charge in [0.2, 0.25) is 0 Å². The maximum atomic E-state index is 13.4. The van der Waals surface area contributed by atoms with Crippen LogP contribution in [-0.4, -0.2) is 71.3 Å². The molecule has 0 unspecified atom stereocenters. The molecule has 0 saturated heterocycles. The highest BCUT2D eigenvalue weighted by Gasteiger charge is 2.38. The number of β-amino-alcohol motifs (C(OH)–C–C–N with tert-alkyl or cyclic N) is 1. The number of aliphatic hydroxyl groups is 1. The van der Waals surface area contributed by atoms with Gasteiger partial charge in [-0.1, -0.05) is 40.2 Å². The maximum absolute atomic E-state index is 13.4. The quantitative estimate of drug-likeness (QED) is 0.648. The number of benzene rings is 2. The van der Waals surface area contributed by atoms with Crippen molar-refractivity contribution in [3.63, 3.8) is 0 Å². The lowest BCUT2D eigenvalue weighted by Crippen LogP contribution is -2.55. The zero-order valence-electron chi connectivity index (χ0n) is 20.1. The van der Waals surface area contributed by atoms with Gasteiger partial charge in [0.05, 0.1) is 23.4 Å². The van der Waals surface area contributed by atoms with Crippen LogP contribution in [0.1, 0.15) is 42.3 Å². The molecule has 2 aliphatic rings. The van der Waals surface area contributed by atoms with Crippen LogP contribution in [0.4, 0.5) is 10.5 Å². The van der Waals surface area contributed by atoms with Crippen LogP contribution in [-0.2, 0) is 17.7 Å². The molecule has 2 aliphatic heterocycles. The predicted molar refractivity (Wildman–Crippen MR) is 135 cm³/mol. The lowest BCUT2D eigenvalue weighted by Gasteiger charge is -2.41. The summed E-state index contributed by atoms with van der Waals surface area (Å²) < 4.78 is 6.57. The molecule has 0 spiro atoms. The number of hydrogen-bond donors (Lipinski definition) is 1. The number of anilines is 1. The van der Waals surface area contributed by atoms with Crippen molar-refractivity contribution in [3.8, 4) is 0 Å². The third-order valence-corrected chi connectivity index (χ3v) is 6.86. The van der Waals surface area contributed by atoms with Gasteiger partial charge in [0.15, 0.2) is 0 Å². The topological polar surface area (TPSA) is 73.3 Å². The van der Waals surface area contributed by atoms with Crippen LogP contribution in [0.25, 0.3) is 0 Å². The molecule has 0 fully saturated rings. The van der Waals surface area contributed by atoms with Crippen molar-refractivity contribution in [2.75, 3.05) is 31.6 Å². The van der Waals surface area contributed by atoms with Gasteiger partial charge >= 0.3 is 6.09 Å². The number of halogens is 1. The average molecular weight is 530 g/mol. The number of fused-ring (bicyclic) bond motifs is 2. The summed E-state index contributed by atoms with van der Waals surface area (Å²) in [6, 6.07) is 13.1. The minimum Gasteiger partial charge on any atom is -0.444 e. The summed E-state index contributed by atoms with van der Waals surface area (Å²) in [6.45, 7) is 7.11. The molecular formula is C26H32BrN3O4. The summed E-state index contributed by atoms with van der Waals surface area (Å²) in [6.07, 6.45) is -0.877. The highest BCUT2D eigenvalue weighted by Crippen LogP contribution is 2.30. The first-order valence-corrected chi connectivity index (χ1v) is 12.4. The molecule has 8 heteroatoms. The Kier molecular flexibility index (Phi) is 6.92. The van der Waals surface area contributed by atoms with E-state index < -0.39 is 23.8 Å². The van der Waals surface area contributed by atoms with E-state index in [-0.39, 0.29) is 12.5 Å². The largest absolute Gasteiger partial charge is 0.444 e. The van der Waals surface area contributed by atoms with Crippen molar-refractivity contribution >= 4 is 33.6 Å². The minimum atomic E-state index is -0.924. The Hall–Kier alpha value is -2.58. The van der Waals surface area contributed by atoms with Crippen molar-refractivity contribution < 1.29 is 19.4 Å². The zero-order valence-corrected chi connectivity index (χ0v) is 21.7. The summed E-state index contributed by atoms with van der Waals surface area (Å²) in [5.41, 5.74) is 2.96. The van der Waals surface area contributed by atoms with E-state index in [1.54, 1.807) is 9.80 Å². The van der Waals surface area contributed by atoms with Crippen LogP contribution in [0.15, 0.2) is 46.9 Å². The van der Waals surface area contributed by atoms with Crippen LogP contribution < -0.4 is 4.90 Å². The van der Waals surface area contributed by atoms with Crippen molar-refractivity contribution in [2.24, 2.45) is 0 Å². The van der Waals surface area contributed by atoms with Crippen LogP contribution in [0.3, 0.4) is 0 Å². The van der Waals surface area contributed by atoms with E-state index in [9.17, 15) is 14.7 Å². The van der Waals surface area contributed by atoms with Gasteiger partial charge in [-0.15, -0.1) is 0 Å². The fraction of sp³-hybridized carbons (Fsp3) is 0.462. The molecule has 0 aromatic heterocycles. The zero-order chi connectivity index (χ0) is 24.6. The number of hydrogen-bond acceptors (Lipinski definition) is 5. The molecule has 0 bridgehead atoms. The molecule has 0 radical (unpaired) electrons. The van der Waals surface area contributed by atoms with E-state index in [0.29, 0.717) is 31.6 Å². The van der Waals surface area contributed by atoms with Gasteiger partial charge in [-0.05, 0) is 56.5 Å². The van der Waals surface area contributed by atoms with Gasteiger partial charge in [0, 0.05) is 37.7 Å². The first-order valence-electron chi connectivity index (χ1n) is 11.6. The number of ether oxygens (including phenoxy) is 1. The lowest BCUT2D eigenvalue weighted by molar-refractivity contribution is -0.0176. The fourth-order valence-corrected chi connectivity index (χ4v) is 4.95. The number of carbonyl (C=O) groups is 2. The Bertz CT molecular complexity index is 1080. The number of rotatable bonds is 3. The number of aliphatic hydroxyl groups excluding tert-OH is 1. The van der Waals surface area contributed by atoms with E-state index in [2.05, 4.69) is 15.9 Å². The number of nitrogens with zero attached hydrogens (tertiary/aromatic N) is 3. The van der Waals surface area contributed by atoms with Crippen molar-refractivity contribution in [3.05, 3.63) is 63.6 Å². The van der Waals surface area contributed by atoms with E-state index in [4.69, 9.17) is 4.74 Å². The number of amides is 2. The highest BCUT2D eigenvalue weighted by molar-refractivity contribution is 9.10. The third-order valence-electron chi connectivity index (χ3n) is 6.36. The summed E-state index contributed by atoms with van der Waals surface area (Å²) in [7, 11) is 1.96. The molecule has 34 heavy (non-hydrogen) atoms. The molecule has 1 N–H and O–H groups in total. The number of carbonyl (C=O) groups excluding carboxylic acids is 2. The third kappa shape index (κ3) is 5.23. The van der Waals surface area contributed by atoms with Crippen molar-refractivity contribution in [1.29, 1.82) is 0 Å². The highest BCUT2D eigenvalue weighted by atomic mass is 79.9. The minimum absolute atomic E-state index is 0.120. The monoisotopic (exact) mass is 529 g/mol. The van der Waals surface area contributed by atoms with Crippen LogP contribution in [0, 0.1) is 0 Å². The fourth-order valence-electron chi connectivity index (χ4n) is 4.60. The normalized spacial score (nSPS) is 19.3. The molecule has 2 amide bonds. The molecule has 2 aromatic rings. The molecule has 2 atom stereocenters. The van der Waals surface area contributed by atoms with E-state index in [0.717, 1.165) is 21.3 Å². The first-order chi connectivity index (χ1) is 16.0. The molecule has 7 nitrogen and oxygen atoms in total. The SMILES string of the molecule is CN1CCN(C[C@@H](O)[C@@H]2Cc3ccccc3CN2C(=O)OC(C)(C)C)C(=O)c2ccc(Br)cc21. The molecule has 0 aliphatic carbocycles. The summed E-state index contributed by atoms with van der Waals surface area (Å²) in [4.78, 5) is 31.8. The van der Waals surface area contributed by atoms with E-state index in [1.165, 1.54) is 0 Å². The summed E-state index contributed by atoms with van der Waals surface area (Å²) in [5.74, 6) is -0.120. The Balaban J connectivity index is 1.58. The van der Waals surface area contributed by atoms with Crippen LogP contribution in [0.2, 0.25) is 0 Å². The van der Waals surface area contributed by atoms with Gasteiger partial charge in [0.25, 0.3) is 5.91 Å². The molecule has 4 rings (SSSR count). The second kappa shape index (κ2) is 9.58.